The van der Waals surface area contributed by atoms with Crippen LogP contribution >= 0.6 is 0 Å². The molecule has 0 fully saturated rings. The third kappa shape index (κ3) is 5.05. The van der Waals surface area contributed by atoms with Crippen molar-refractivity contribution in [2.24, 2.45) is 9.98 Å². The molecule has 1 aliphatic carbocycles. The third-order valence-corrected chi connectivity index (χ3v) is 11.2. The Kier molecular flexibility index (Phi) is 7.09. The smallest absolute Gasteiger partial charge is 0.226 e. The minimum Gasteiger partial charge on any atom is -0.309 e. The Morgan fingerprint density at radius 3 is 2.20 bits per heavy atom. The molecule has 3 aliphatic rings. The first-order valence-electron chi connectivity index (χ1n) is 18.1. The quantitative estimate of drug-likeness (QED) is 0.173. The Bertz CT molecular complexity index is 2510. The molecule has 1 aromatic heterocycles. The van der Waals surface area contributed by atoms with Gasteiger partial charge in [0.25, 0.3) is 0 Å². The first kappa shape index (κ1) is 29.9. The molecule has 4 heteroatoms. The number of anilines is 1. The van der Waals surface area contributed by atoms with Crippen molar-refractivity contribution in [3.05, 3.63) is 192 Å². The fourth-order valence-electron chi connectivity index (χ4n) is 8.67. The molecule has 0 amide bonds. The number of aromatic nitrogens is 1. The number of aliphatic imine (C=N–C) groups is 2. The van der Waals surface area contributed by atoms with E-state index < -0.39 is 0 Å². The van der Waals surface area contributed by atoms with E-state index in [0.717, 1.165) is 30.1 Å². The minimum absolute atomic E-state index is 0.00106. The lowest BCUT2D eigenvalue weighted by Crippen LogP contribution is -2.42. The van der Waals surface area contributed by atoms with E-state index in [4.69, 9.17) is 9.98 Å². The molecule has 4 nitrogen and oxygen atoms in total. The molecule has 246 valence electrons. The number of benzene rings is 6. The summed E-state index contributed by atoms with van der Waals surface area (Å²) in [6.45, 7) is 2.15. The summed E-state index contributed by atoms with van der Waals surface area (Å²) >= 11 is 0. The van der Waals surface area contributed by atoms with Crippen LogP contribution in [0.2, 0.25) is 0 Å². The first-order chi connectivity index (χ1) is 25.2. The zero-order chi connectivity index (χ0) is 33.9. The number of hydrogen-bond donors (Lipinski definition) is 0. The van der Waals surface area contributed by atoms with Gasteiger partial charge in [-0.05, 0) is 65.9 Å². The fraction of sp³-hybridized carbons (Fsp3) is 0.149. The van der Waals surface area contributed by atoms with Gasteiger partial charge in [0.1, 0.15) is 0 Å². The number of para-hydroxylation sites is 2. The van der Waals surface area contributed by atoms with Crippen LogP contribution in [-0.4, -0.2) is 22.3 Å². The van der Waals surface area contributed by atoms with Crippen LogP contribution in [0.1, 0.15) is 58.5 Å². The molecule has 4 unspecified atom stereocenters. The van der Waals surface area contributed by atoms with Crippen LogP contribution in [0.25, 0.3) is 27.5 Å². The van der Waals surface area contributed by atoms with Gasteiger partial charge >= 0.3 is 0 Å². The molecular formula is C47H38N4. The lowest BCUT2D eigenvalue weighted by atomic mass is 9.79. The summed E-state index contributed by atoms with van der Waals surface area (Å²) in [4.78, 5) is 13.3. The van der Waals surface area contributed by atoms with Gasteiger partial charge in [0.05, 0.1) is 22.8 Å². The van der Waals surface area contributed by atoms with Crippen LogP contribution < -0.4 is 4.90 Å². The van der Waals surface area contributed by atoms with Crippen LogP contribution in [0.4, 0.5) is 5.69 Å². The van der Waals surface area contributed by atoms with E-state index in [9.17, 15) is 0 Å². The molecule has 0 bridgehead atoms. The van der Waals surface area contributed by atoms with E-state index >= 15 is 0 Å². The molecule has 0 saturated heterocycles. The van der Waals surface area contributed by atoms with Crippen molar-refractivity contribution in [2.75, 3.05) is 4.90 Å². The number of aryl methyl sites for hydroxylation is 1. The lowest BCUT2D eigenvalue weighted by Gasteiger charge is -2.35. The van der Waals surface area contributed by atoms with Crippen molar-refractivity contribution in [2.45, 2.75) is 43.7 Å². The highest BCUT2D eigenvalue weighted by atomic mass is 15.3. The van der Waals surface area contributed by atoms with Crippen LogP contribution in [-0.2, 0) is 0 Å². The molecule has 0 N–H and O–H groups in total. The number of allylic oxidation sites excluding steroid dienone is 1. The maximum atomic E-state index is 5.44. The maximum absolute atomic E-state index is 5.44. The molecule has 3 heterocycles. The van der Waals surface area contributed by atoms with E-state index in [2.05, 4.69) is 180 Å². The molecule has 51 heavy (non-hydrogen) atoms. The molecule has 0 spiro atoms. The molecule has 0 saturated carbocycles. The SMILES string of the molecule is Cc1ccc(-n2c3ccccc3c3ccc(C4C=CC5c6ccccc6N(C6=NC(c7ccccc7)CC(c7ccccc7)=N6)C5C4)cc32)cc1. The van der Waals surface area contributed by atoms with Gasteiger partial charge in [0, 0.05) is 46.4 Å². The number of rotatable bonds is 4. The number of guanidine groups is 1. The van der Waals surface area contributed by atoms with E-state index in [-0.39, 0.29) is 23.9 Å². The lowest BCUT2D eigenvalue weighted by molar-refractivity contribution is 0.529. The monoisotopic (exact) mass is 658 g/mol. The van der Waals surface area contributed by atoms with Crippen LogP contribution in [0.3, 0.4) is 0 Å². The number of fused-ring (bicyclic) bond motifs is 6. The Balaban J connectivity index is 1.08. The summed E-state index contributed by atoms with van der Waals surface area (Å²) in [7, 11) is 0. The highest BCUT2D eigenvalue weighted by Gasteiger charge is 2.43. The fourth-order valence-corrected chi connectivity index (χ4v) is 8.67. The van der Waals surface area contributed by atoms with E-state index in [1.165, 1.54) is 55.4 Å². The normalized spacial score (nSPS) is 21.0. The van der Waals surface area contributed by atoms with E-state index in [1.54, 1.807) is 0 Å². The Hall–Kier alpha value is -6.00. The average Bonchev–Trinajstić information content (AvgIpc) is 3.71. The summed E-state index contributed by atoms with van der Waals surface area (Å²) in [5, 5.41) is 2.57. The second-order valence-corrected chi connectivity index (χ2v) is 14.2. The Morgan fingerprint density at radius 2 is 1.35 bits per heavy atom. The first-order valence-corrected chi connectivity index (χ1v) is 18.1. The van der Waals surface area contributed by atoms with Gasteiger partial charge in [-0.1, -0.05) is 139 Å². The molecular weight excluding hydrogens is 621 g/mol. The van der Waals surface area contributed by atoms with Gasteiger partial charge < -0.3 is 9.47 Å². The van der Waals surface area contributed by atoms with Gasteiger partial charge in [-0.25, -0.2) is 9.98 Å². The molecule has 10 rings (SSSR count). The van der Waals surface area contributed by atoms with Crippen molar-refractivity contribution >= 4 is 39.2 Å². The molecule has 7 aromatic rings. The highest BCUT2D eigenvalue weighted by molar-refractivity contribution is 6.13. The summed E-state index contributed by atoms with van der Waals surface area (Å²) in [6.07, 6.45) is 6.66. The van der Waals surface area contributed by atoms with Crippen molar-refractivity contribution in [1.29, 1.82) is 0 Å². The van der Waals surface area contributed by atoms with Gasteiger partial charge in [-0.3, -0.25) is 0 Å². The van der Waals surface area contributed by atoms with Gasteiger partial charge in [0.15, 0.2) is 0 Å². The average molecular weight is 659 g/mol. The maximum Gasteiger partial charge on any atom is 0.226 e. The zero-order valence-corrected chi connectivity index (χ0v) is 28.6. The van der Waals surface area contributed by atoms with Crippen molar-refractivity contribution in [3.63, 3.8) is 0 Å². The molecule has 0 radical (unpaired) electrons. The second kappa shape index (κ2) is 12.1. The minimum atomic E-state index is 0.00106. The topological polar surface area (TPSA) is 32.9 Å². The summed E-state index contributed by atoms with van der Waals surface area (Å²) in [5.41, 5.74) is 12.3. The predicted octanol–water partition coefficient (Wildman–Crippen LogP) is 11.1. The van der Waals surface area contributed by atoms with Crippen molar-refractivity contribution in [3.8, 4) is 5.69 Å². The largest absolute Gasteiger partial charge is 0.309 e. The molecule has 6 aromatic carbocycles. The Labute approximate surface area is 298 Å². The predicted molar refractivity (Wildman–Crippen MR) is 212 cm³/mol. The summed E-state index contributed by atoms with van der Waals surface area (Å²) < 4.78 is 2.43. The zero-order valence-electron chi connectivity index (χ0n) is 28.6. The van der Waals surface area contributed by atoms with E-state index in [1.807, 2.05) is 0 Å². The standard InChI is InChI=1S/C47H38N4/c1-31-20-24-36(25-21-31)50-43-18-10-8-16-37(43)39-26-22-34(28-45(39)50)35-23-27-40-38-17-9-11-19-44(38)51(46(40)29-35)47-48-41(32-12-4-2-5-13-32)30-42(49-47)33-14-6-3-7-15-33/h2-28,35,40-41,46H,29-30H2,1H3. The van der Waals surface area contributed by atoms with Crippen LogP contribution in [0.15, 0.2) is 174 Å². The third-order valence-electron chi connectivity index (χ3n) is 11.2. The number of hydrogen-bond acceptors (Lipinski definition) is 3. The van der Waals surface area contributed by atoms with Crippen molar-refractivity contribution in [1.82, 2.24) is 4.57 Å². The summed E-state index contributed by atoms with van der Waals surface area (Å²) in [5.74, 6) is 1.34. The second-order valence-electron chi connectivity index (χ2n) is 14.2. The summed E-state index contributed by atoms with van der Waals surface area (Å²) in [6, 6.07) is 55.2. The van der Waals surface area contributed by atoms with Crippen LogP contribution in [0, 0.1) is 6.92 Å². The van der Waals surface area contributed by atoms with Gasteiger partial charge in [-0.15, -0.1) is 0 Å². The molecule has 4 atom stereocenters. The van der Waals surface area contributed by atoms with E-state index in [0.29, 0.717) is 0 Å². The Morgan fingerprint density at radius 1 is 0.627 bits per heavy atom. The van der Waals surface area contributed by atoms with Gasteiger partial charge in [-0.2, -0.15) is 0 Å². The van der Waals surface area contributed by atoms with Crippen molar-refractivity contribution < 1.29 is 0 Å². The molecule has 2 aliphatic heterocycles. The highest BCUT2D eigenvalue weighted by Crippen LogP contribution is 2.49. The van der Waals surface area contributed by atoms with Crippen LogP contribution in [0.5, 0.6) is 0 Å². The number of nitrogens with zero attached hydrogens (tertiary/aromatic N) is 4. The van der Waals surface area contributed by atoms with Gasteiger partial charge in [0.2, 0.25) is 5.96 Å².